The number of rotatable bonds is 13. The van der Waals surface area contributed by atoms with Crippen LogP contribution in [0, 0.1) is 0 Å². The third-order valence-corrected chi connectivity index (χ3v) is 7.26. The van der Waals surface area contributed by atoms with Crippen molar-refractivity contribution in [2.24, 2.45) is 0 Å². The summed E-state index contributed by atoms with van der Waals surface area (Å²) in [5.41, 5.74) is 0. The molecule has 0 bridgehead atoms. The van der Waals surface area contributed by atoms with Gasteiger partial charge in [0.15, 0.2) is 0 Å². The standard InChI is InChI=1S/3C4H9O.C3H5.Ti/c3*1-2-3-4-5;1-3-2;/h3*2-4H2,1H3;1H2,2H3;/q3*-1;;+3. The zero-order valence-corrected chi connectivity index (χ0v) is 14.9. The number of allylic oxidation sites excluding steroid dienone is 1. The molecule has 0 aliphatic rings. The van der Waals surface area contributed by atoms with E-state index in [1.165, 1.54) is 0 Å². The second-order valence-electron chi connectivity index (χ2n) is 4.94. The molecule has 0 heterocycles. The van der Waals surface area contributed by atoms with Gasteiger partial charge in [-0.3, -0.25) is 0 Å². The van der Waals surface area contributed by atoms with E-state index in [-0.39, 0.29) is 0 Å². The van der Waals surface area contributed by atoms with Crippen LogP contribution in [-0.2, 0) is 27.7 Å². The molecule has 0 saturated heterocycles. The van der Waals surface area contributed by atoms with Gasteiger partial charge in [0, 0.05) is 0 Å². The normalized spacial score (nSPS) is 11.8. The Morgan fingerprint density at radius 1 is 0.789 bits per heavy atom. The zero-order valence-electron chi connectivity index (χ0n) is 13.3. The molecule has 19 heavy (non-hydrogen) atoms. The van der Waals surface area contributed by atoms with Gasteiger partial charge >= 0.3 is 124 Å². The van der Waals surface area contributed by atoms with Gasteiger partial charge in [0.1, 0.15) is 0 Å². The fourth-order valence-corrected chi connectivity index (χ4v) is 5.03. The van der Waals surface area contributed by atoms with Crippen LogP contribution in [0.3, 0.4) is 0 Å². The van der Waals surface area contributed by atoms with E-state index in [1.807, 2.05) is 6.92 Å². The van der Waals surface area contributed by atoms with Crippen LogP contribution < -0.4 is 0 Å². The summed E-state index contributed by atoms with van der Waals surface area (Å²) >= 11 is -3.25. The van der Waals surface area contributed by atoms with E-state index in [0.29, 0.717) is 0 Å². The van der Waals surface area contributed by atoms with Crippen molar-refractivity contribution in [3.8, 4) is 0 Å². The molecule has 0 rings (SSSR count). The van der Waals surface area contributed by atoms with Crippen LogP contribution in [0.4, 0.5) is 0 Å². The number of hydrogen-bond acceptors (Lipinski definition) is 3. The molecule has 0 aliphatic carbocycles. The Balaban J connectivity index is 4.53. The third-order valence-electron chi connectivity index (χ3n) is 2.89. The van der Waals surface area contributed by atoms with Gasteiger partial charge in [-0.2, -0.15) is 0 Å². The van der Waals surface area contributed by atoms with E-state index >= 15 is 0 Å². The number of unbranched alkanes of at least 4 members (excludes halogenated alkanes) is 3. The molecule has 0 N–H and O–H groups in total. The topological polar surface area (TPSA) is 27.7 Å². The molecular weight excluding hydrogens is 276 g/mol. The SMILES string of the molecule is C=[C](C)[Ti]([O]CCCC)([O]CCCC)[O]CCCC. The van der Waals surface area contributed by atoms with Crippen LogP contribution in [0.5, 0.6) is 0 Å². The van der Waals surface area contributed by atoms with Crippen molar-refractivity contribution in [2.75, 3.05) is 19.8 Å². The summed E-state index contributed by atoms with van der Waals surface area (Å²) in [6.45, 7) is 14.7. The molecule has 4 heteroatoms. The first-order valence-electron chi connectivity index (χ1n) is 7.70. The summed E-state index contributed by atoms with van der Waals surface area (Å²) in [6, 6.07) is 0. The van der Waals surface area contributed by atoms with E-state index in [1.54, 1.807) is 0 Å². The van der Waals surface area contributed by atoms with Gasteiger partial charge < -0.3 is 0 Å². The average molecular weight is 308 g/mol. The fraction of sp³-hybridized carbons (Fsp3) is 0.867. The molecule has 0 saturated carbocycles. The first-order chi connectivity index (χ1) is 9.13. The van der Waals surface area contributed by atoms with E-state index < -0.39 is 17.8 Å². The van der Waals surface area contributed by atoms with E-state index in [0.717, 1.165) is 62.2 Å². The van der Waals surface area contributed by atoms with Crippen LogP contribution in [0.2, 0.25) is 0 Å². The van der Waals surface area contributed by atoms with Crippen LogP contribution in [-0.4, -0.2) is 19.8 Å². The zero-order chi connectivity index (χ0) is 14.6. The molecule has 0 atom stereocenters. The van der Waals surface area contributed by atoms with Crippen LogP contribution in [0.1, 0.15) is 66.2 Å². The minimum atomic E-state index is -3.25. The molecule has 0 unspecified atom stereocenters. The number of hydrogen-bond donors (Lipinski definition) is 0. The summed E-state index contributed by atoms with van der Waals surface area (Å²) in [5, 5.41) is 0. The molecule has 0 amide bonds. The molecule has 3 nitrogen and oxygen atoms in total. The quantitative estimate of drug-likeness (QED) is 0.359. The fourth-order valence-electron chi connectivity index (χ4n) is 1.55. The Morgan fingerprint density at radius 3 is 1.32 bits per heavy atom. The molecular formula is C15H32O3Ti. The molecule has 0 fully saturated rings. The predicted molar refractivity (Wildman–Crippen MR) is 77.4 cm³/mol. The Morgan fingerprint density at radius 2 is 1.11 bits per heavy atom. The maximum absolute atomic E-state index is 6.07. The van der Waals surface area contributed by atoms with Crippen molar-refractivity contribution in [2.45, 2.75) is 66.2 Å². The molecule has 0 aromatic carbocycles. The van der Waals surface area contributed by atoms with Gasteiger partial charge in [-0.25, -0.2) is 0 Å². The Hall–Kier alpha value is 0.334. The second-order valence-corrected chi connectivity index (χ2v) is 9.36. The van der Waals surface area contributed by atoms with Gasteiger partial charge in [-0.05, 0) is 0 Å². The van der Waals surface area contributed by atoms with Crippen LogP contribution in [0.15, 0.2) is 10.5 Å². The van der Waals surface area contributed by atoms with Gasteiger partial charge in [0.2, 0.25) is 0 Å². The summed E-state index contributed by atoms with van der Waals surface area (Å²) in [5.74, 6) is 0. The molecule has 0 aliphatic heterocycles. The van der Waals surface area contributed by atoms with Crippen molar-refractivity contribution in [3.63, 3.8) is 0 Å². The predicted octanol–water partition coefficient (Wildman–Crippen LogP) is 4.87. The van der Waals surface area contributed by atoms with Crippen LogP contribution >= 0.6 is 0 Å². The van der Waals surface area contributed by atoms with Crippen LogP contribution in [0.25, 0.3) is 0 Å². The Bertz CT molecular complexity index is 205. The minimum absolute atomic E-state index is 0.724. The van der Waals surface area contributed by atoms with E-state index in [9.17, 15) is 0 Å². The molecule has 0 spiro atoms. The second kappa shape index (κ2) is 12.1. The third kappa shape index (κ3) is 8.26. The molecule has 114 valence electrons. The van der Waals surface area contributed by atoms with Gasteiger partial charge in [0.05, 0.1) is 0 Å². The van der Waals surface area contributed by atoms with Crippen molar-refractivity contribution < 1.29 is 27.7 Å². The summed E-state index contributed by atoms with van der Waals surface area (Å²) in [4.78, 5) is 0. The average Bonchev–Trinajstić information content (AvgIpc) is 2.38. The summed E-state index contributed by atoms with van der Waals surface area (Å²) < 4.78 is 19.2. The Kier molecular flexibility index (Phi) is 12.3. The van der Waals surface area contributed by atoms with Crippen molar-refractivity contribution in [1.29, 1.82) is 0 Å². The molecule has 0 aromatic heterocycles. The van der Waals surface area contributed by atoms with Crippen molar-refractivity contribution >= 4 is 0 Å². The molecule has 0 aromatic rings. The summed E-state index contributed by atoms with van der Waals surface area (Å²) in [6.07, 6.45) is 6.52. The van der Waals surface area contributed by atoms with Gasteiger partial charge in [0.25, 0.3) is 0 Å². The summed E-state index contributed by atoms with van der Waals surface area (Å²) in [7, 11) is 0. The van der Waals surface area contributed by atoms with Crippen molar-refractivity contribution in [3.05, 3.63) is 10.5 Å². The monoisotopic (exact) mass is 308 g/mol. The first-order valence-corrected chi connectivity index (χ1v) is 10.4. The van der Waals surface area contributed by atoms with E-state index in [2.05, 4.69) is 27.4 Å². The van der Waals surface area contributed by atoms with Crippen molar-refractivity contribution in [1.82, 2.24) is 0 Å². The van der Waals surface area contributed by atoms with Gasteiger partial charge in [-0.1, -0.05) is 0 Å². The molecule has 0 radical (unpaired) electrons. The maximum atomic E-state index is 6.07. The van der Waals surface area contributed by atoms with Gasteiger partial charge in [-0.15, -0.1) is 0 Å². The first kappa shape index (κ1) is 19.3. The Labute approximate surface area is 124 Å². The van der Waals surface area contributed by atoms with E-state index in [4.69, 9.17) is 9.96 Å².